The van der Waals surface area contributed by atoms with Gasteiger partial charge in [0.25, 0.3) is 0 Å². The van der Waals surface area contributed by atoms with Crippen LogP contribution >= 0.6 is 0 Å². The molecule has 0 aromatic heterocycles. The van der Waals surface area contributed by atoms with Gasteiger partial charge in [0.2, 0.25) is 0 Å². The van der Waals surface area contributed by atoms with Gasteiger partial charge in [-0.25, -0.2) is 4.79 Å². The molecule has 3 N–H and O–H groups in total. The van der Waals surface area contributed by atoms with Gasteiger partial charge in [0.05, 0.1) is 6.10 Å². The maximum absolute atomic E-state index is 10.5. The molecule has 0 amide bonds. The van der Waals surface area contributed by atoms with E-state index in [1.807, 2.05) is 54.6 Å². The highest BCUT2D eigenvalue weighted by Gasteiger charge is 2.09. The number of aliphatic carboxylic acids is 1. The van der Waals surface area contributed by atoms with Gasteiger partial charge in [-0.15, -0.1) is 0 Å². The molecule has 0 saturated heterocycles. The highest BCUT2D eigenvalue weighted by atomic mass is 16.4. The summed E-state index contributed by atoms with van der Waals surface area (Å²) in [5.74, 6) is -0.950. The van der Waals surface area contributed by atoms with Crippen molar-refractivity contribution in [3.63, 3.8) is 0 Å². The zero-order valence-corrected chi connectivity index (χ0v) is 13.7. The van der Waals surface area contributed by atoms with Crippen LogP contribution in [0, 0.1) is 0 Å². The Balaban J connectivity index is 1.81. The summed E-state index contributed by atoms with van der Waals surface area (Å²) >= 11 is 0. The molecule has 0 aliphatic rings. The van der Waals surface area contributed by atoms with E-state index in [-0.39, 0.29) is 6.04 Å². The van der Waals surface area contributed by atoms with Gasteiger partial charge in [-0.05, 0) is 36.1 Å². The van der Waals surface area contributed by atoms with Crippen LogP contribution in [0.2, 0.25) is 0 Å². The Labute approximate surface area is 142 Å². The molecule has 126 valence electrons. The molecule has 2 unspecified atom stereocenters. The lowest BCUT2D eigenvalue weighted by molar-refractivity contribution is -0.131. The van der Waals surface area contributed by atoms with Crippen molar-refractivity contribution in [2.45, 2.75) is 25.5 Å². The molecule has 0 aliphatic carbocycles. The largest absolute Gasteiger partial charge is 0.478 e. The minimum absolute atomic E-state index is 0.226. The van der Waals surface area contributed by atoms with Crippen molar-refractivity contribution in [1.29, 1.82) is 0 Å². The minimum Gasteiger partial charge on any atom is -0.478 e. The predicted octanol–water partition coefficient (Wildman–Crippen LogP) is 3.04. The molecular weight excluding hydrogens is 302 g/mol. The molecule has 0 heterocycles. The normalized spacial score (nSPS) is 13.8. The number of carboxylic acid groups (broad SMARTS) is 1. The Morgan fingerprint density at radius 1 is 1.12 bits per heavy atom. The van der Waals surface area contributed by atoms with Crippen LogP contribution in [0.15, 0.2) is 60.7 Å². The third-order valence-electron chi connectivity index (χ3n) is 3.78. The smallest absolute Gasteiger partial charge is 0.328 e. The first-order valence-corrected chi connectivity index (χ1v) is 8.01. The van der Waals surface area contributed by atoms with Crippen molar-refractivity contribution >= 4 is 12.0 Å². The Bertz CT molecular complexity index is 665. The number of rotatable bonds is 8. The van der Waals surface area contributed by atoms with Gasteiger partial charge in [0.1, 0.15) is 0 Å². The van der Waals surface area contributed by atoms with Gasteiger partial charge in [-0.3, -0.25) is 0 Å². The molecular formula is C20H23NO3. The summed E-state index contributed by atoms with van der Waals surface area (Å²) in [4.78, 5) is 10.5. The van der Waals surface area contributed by atoms with Crippen LogP contribution in [0.3, 0.4) is 0 Å². The van der Waals surface area contributed by atoms with Crippen LogP contribution in [0.25, 0.3) is 6.08 Å². The van der Waals surface area contributed by atoms with E-state index in [1.54, 1.807) is 6.08 Å². The zero-order valence-electron chi connectivity index (χ0n) is 13.7. The maximum atomic E-state index is 10.5. The van der Waals surface area contributed by atoms with E-state index in [2.05, 4.69) is 12.2 Å². The molecule has 2 aromatic carbocycles. The van der Waals surface area contributed by atoms with E-state index >= 15 is 0 Å². The molecule has 0 fully saturated rings. The third-order valence-corrected chi connectivity index (χ3v) is 3.78. The van der Waals surface area contributed by atoms with Gasteiger partial charge >= 0.3 is 5.97 Å². The van der Waals surface area contributed by atoms with Crippen molar-refractivity contribution < 1.29 is 15.0 Å². The van der Waals surface area contributed by atoms with Crippen molar-refractivity contribution in [3.8, 4) is 0 Å². The number of nitrogens with one attached hydrogen (secondary N) is 1. The molecule has 24 heavy (non-hydrogen) atoms. The number of aliphatic hydroxyl groups is 1. The zero-order chi connectivity index (χ0) is 17.4. The first-order chi connectivity index (χ1) is 11.5. The summed E-state index contributed by atoms with van der Waals surface area (Å²) in [5, 5.41) is 22.1. The molecule has 0 saturated carbocycles. The van der Waals surface area contributed by atoms with Crippen molar-refractivity contribution in [2.24, 2.45) is 0 Å². The second-order valence-corrected chi connectivity index (χ2v) is 5.85. The topological polar surface area (TPSA) is 69.6 Å². The number of hydrogen-bond donors (Lipinski definition) is 3. The van der Waals surface area contributed by atoms with Crippen LogP contribution in [0.5, 0.6) is 0 Å². The van der Waals surface area contributed by atoms with Gasteiger partial charge in [-0.2, -0.15) is 0 Å². The summed E-state index contributed by atoms with van der Waals surface area (Å²) in [7, 11) is 0. The molecule has 0 radical (unpaired) electrons. The second-order valence-electron chi connectivity index (χ2n) is 5.85. The summed E-state index contributed by atoms with van der Waals surface area (Å²) in [6.07, 6.45) is 3.02. The molecule has 4 nitrogen and oxygen atoms in total. The highest BCUT2D eigenvalue weighted by Crippen LogP contribution is 2.12. The Hall–Kier alpha value is -2.43. The fourth-order valence-corrected chi connectivity index (χ4v) is 2.46. The minimum atomic E-state index is -0.950. The summed E-state index contributed by atoms with van der Waals surface area (Å²) in [6, 6.07) is 17.6. The lowest BCUT2D eigenvalue weighted by Crippen LogP contribution is -2.32. The molecule has 2 aromatic rings. The number of carboxylic acids is 1. The third kappa shape index (κ3) is 5.99. The Kier molecular flexibility index (Phi) is 6.73. The number of benzene rings is 2. The Morgan fingerprint density at radius 3 is 2.42 bits per heavy atom. The van der Waals surface area contributed by atoms with Gasteiger partial charge in [0.15, 0.2) is 0 Å². The predicted molar refractivity (Wildman–Crippen MR) is 95.7 cm³/mol. The van der Waals surface area contributed by atoms with Crippen LogP contribution in [0.1, 0.15) is 29.7 Å². The van der Waals surface area contributed by atoms with E-state index in [0.717, 1.165) is 29.2 Å². The standard InChI is InChI=1S/C20H23NO3/c1-15(21-14-19(22)18-5-3-2-4-6-18)13-17-9-7-16(8-10-17)11-12-20(23)24/h2-12,15,19,21-22H,13-14H2,1H3,(H,23,24)/b12-11+. The summed E-state index contributed by atoms with van der Waals surface area (Å²) in [6.45, 7) is 2.58. The van der Waals surface area contributed by atoms with E-state index < -0.39 is 12.1 Å². The monoisotopic (exact) mass is 325 g/mol. The Morgan fingerprint density at radius 2 is 1.79 bits per heavy atom. The van der Waals surface area contributed by atoms with Gasteiger partial charge in [0, 0.05) is 18.7 Å². The first-order valence-electron chi connectivity index (χ1n) is 8.01. The van der Waals surface area contributed by atoms with Crippen molar-refractivity contribution in [2.75, 3.05) is 6.54 Å². The second kappa shape index (κ2) is 9.01. The lowest BCUT2D eigenvalue weighted by atomic mass is 10.0. The summed E-state index contributed by atoms with van der Waals surface area (Å²) < 4.78 is 0. The average Bonchev–Trinajstić information content (AvgIpc) is 2.60. The fraction of sp³-hybridized carbons (Fsp3) is 0.250. The molecule has 0 aliphatic heterocycles. The van der Waals surface area contributed by atoms with E-state index in [0.29, 0.717) is 6.54 Å². The summed E-state index contributed by atoms with van der Waals surface area (Å²) in [5.41, 5.74) is 2.93. The van der Waals surface area contributed by atoms with E-state index in [1.165, 1.54) is 0 Å². The average molecular weight is 325 g/mol. The van der Waals surface area contributed by atoms with Crippen molar-refractivity contribution in [3.05, 3.63) is 77.4 Å². The fourth-order valence-electron chi connectivity index (χ4n) is 2.46. The van der Waals surface area contributed by atoms with Gasteiger partial charge < -0.3 is 15.5 Å². The van der Waals surface area contributed by atoms with Crippen LogP contribution in [-0.2, 0) is 11.2 Å². The number of aliphatic hydroxyl groups excluding tert-OH is 1. The molecule has 2 atom stereocenters. The van der Waals surface area contributed by atoms with Crippen LogP contribution in [-0.4, -0.2) is 28.8 Å². The van der Waals surface area contributed by atoms with E-state index in [9.17, 15) is 9.90 Å². The van der Waals surface area contributed by atoms with Crippen molar-refractivity contribution in [1.82, 2.24) is 5.32 Å². The van der Waals surface area contributed by atoms with Crippen LogP contribution < -0.4 is 5.32 Å². The van der Waals surface area contributed by atoms with Gasteiger partial charge in [-0.1, -0.05) is 54.6 Å². The number of hydrogen-bond acceptors (Lipinski definition) is 3. The quantitative estimate of drug-likeness (QED) is 0.653. The number of carbonyl (C=O) groups is 1. The molecule has 2 rings (SSSR count). The SMILES string of the molecule is CC(Cc1ccc(/C=C/C(=O)O)cc1)NCC(O)c1ccccc1. The molecule has 0 spiro atoms. The maximum Gasteiger partial charge on any atom is 0.328 e. The lowest BCUT2D eigenvalue weighted by Gasteiger charge is -2.17. The highest BCUT2D eigenvalue weighted by molar-refractivity contribution is 5.85. The van der Waals surface area contributed by atoms with Crippen LogP contribution in [0.4, 0.5) is 0 Å². The molecule has 0 bridgehead atoms. The molecule has 4 heteroatoms. The van der Waals surface area contributed by atoms with E-state index in [4.69, 9.17) is 5.11 Å². The first kappa shape index (κ1) is 17.9.